The second-order valence-electron chi connectivity index (χ2n) is 6.53. The summed E-state index contributed by atoms with van der Waals surface area (Å²) in [5.74, 6) is 0.202. The summed E-state index contributed by atoms with van der Waals surface area (Å²) < 4.78 is 5.15. The molecule has 1 atom stereocenters. The first-order valence-electron chi connectivity index (χ1n) is 9.16. The lowest BCUT2D eigenvalue weighted by atomic mass is 10.1. The molecule has 2 aromatic rings. The fraction of sp³-hybridized carbons (Fsp3) is 0.333. The van der Waals surface area contributed by atoms with Gasteiger partial charge in [0.15, 0.2) is 0 Å². The highest BCUT2D eigenvalue weighted by Gasteiger charge is 2.35. The number of benzene rings is 2. The van der Waals surface area contributed by atoms with E-state index in [0.717, 1.165) is 29.2 Å². The summed E-state index contributed by atoms with van der Waals surface area (Å²) in [6.45, 7) is 3.97. The molecule has 1 unspecified atom stereocenters. The minimum atomic E-state index is -0.369. The van der Waals surface area contributed by atoms with Crippen molar-refractivity contribution in [2.45, 2.75) is 19.9 Å². The first-order valence-corrected chi connectivity index (χ1v) is 9.16. The van der Waals surface area contributed by atoms with Crippen LogP contribution in [0.1, 0.15) is 18.9 Å². The summed E-state index contributed by atoms with van der Waals surface area (Å²) >= 11 is 0. The Hall–Kier alpha value is -2.86. The van der Waals surface area contributed by atoms with Gasteiger partial charge >= 0.3 is 0 Å². The van der Waals surface area contributed by atoms with Gasteiger partial charge in [0.2, 0.25) is 11.8 Å². The number of hydrogen-bond acceptors (Lipinski definition) is 4. The Kier molecular flexibility index (Phi) is 6.08. The Morgan fingerprint density at radius 3 is 2.63 bits per heavy atom. The van der Waals surface area contributed by atoms with Gasteiger partial charge in [0.25, 0.3) is 0 Å². The van der Waals surface area contributed by atoms with Crippen molar-refractivity contribution in [3.63, 3.8) is 0 Å². The van der Waals surface area contributed by atoms with Crippen molar-refractivity contribution in [1.29, 1.82) is 0 Å². The largest absolute Gasteiger partial charge is 0.497 e. The predicted molar refractivity (Wildman–Crippen MR) is 106 cm³/mol. The van der Waals surface area contributed by atoms with Crippen LogP contribution in [0.5, 0.6) is 5.75 Å². The summed E-state index contributed by atoms with van der Waals surface area (Å²) in [5, 5.41) is 6.26. The van der Waals surface area contributed by atoms with Crippen molar-refractivity contribution in [1.82, 2.24) is 5.32 Å². The van der Waals surface area contributed by atoms with Crippen molar-refractivity contribution in [3.8, 4) is 5.75 Å². The molecule has 1 saturated heterocycles. The van der Waals surface area contributed by atoms with Crippen molar-refractivity contribution >= 4 is 23.2 Å². The number of nitrogens with one attached hydrogen (secondary N) is 2. The lowest BCUT2D eigenvalue weighted by Crippen LogP contribution is -2.28. The lowest BCUT2D eigenvalue weighted by molar-refractivity contribution is -0.122. The Morgan fingerprint density at radius 1 is 1.19 bits per heavy atom. The van der Waals surface area contributed by atoms with E-state index >= 15 is 0 Å². The average Bonchev–Trinajstić information content (AvgIpc) is 3.09. The Morgan fingerprint density at radius 2 is 1.93 bits per heavy atom. The van der Waals surface area contributed by atoms with E-state index in [1.165, 1.54) is 0 Å². The summed E-state index contributed by atoms with van der Waals surface area (Å²) in [4.78, 5) is 26.8. The number of rotatable bonds is 7. The Balaban J connectivity index is 1.67. The molecule has 0 radical (unpaired) electrons. The number of ether oxygens (including phenoxy) is 1. The first kappa shape index (κ1) is 18.9. The fourth-order valence-electron chi connectivity index (χ4n) is 3.19. The molecule has 0 saturated carbocycles. The number of methoxy groups -OCH3 is 1. The number of amides is 2. The second kappa shape index (κ2) is 8.68. The molecule has 0 aromatic heterocycles. The highest BCUT2D eigenvalue weighted by Crippen LogP contribution is 2.28. The smallest absolute Gasteiger partial charge is 0.229 e. The SMILES string of the molecule is CCNCc1ccccc1NC(=O)C1CC(=O)N(c2ccc(OC)cc2)C1. The van der Waals surface area contributed by atoms with E-state index in [1.54, 1.807) is 12.0 Å². The maximum atomic E-state index is 12.7. The number of carbonyl (C=O) groups excluding carboxylic acids is 2. The van der Waals surface area contributed by atoms with E-state index in [9.17, 15) is 9.59 Å². The van der Waals surface area contributed by atoms with E-state index in [2.05, 4.69) is 10.6 Å². The standard InChI is InChI=1S/C21H25N3O3/c1-3-22-13-15-6-4-5-7-19(15)23-21(26)16-12-20(25)24(14-16)17-8-10-18(27-2)11-9-17/h4-11,16,22H,3,12-14H2,1-2H3,(H,23,26). The molecule has 2 amide bonds. The van der Waals surface area contributed by atoms with Crippen molar-refractivity contribution < 1.29 is 14.3 Å². The summed E-state index contributed by atoms with van der Waals surface area (Å²) in [6.07, 6.45) is 0.216. The minimum absolute atomic E-state index is 0.0405. The molecule has 3 rings (SSSR count). The van der Waals surface area contributed by atoms with Crippen molar-refractivity contribution in [2.75, 3.05) is 30.4 Å². The minimum Gasteiger partial charge on any atom is -0.497 e. The molecule has 142 valence electrons. The molecular weight excluding hydrogens is 342 g/mol. The molecule has 2 N–H and O–H groups in total. The molecule has 2 aromatic carbocycles. The van der Waals surface area contributed by atoms with Gasteiger partial charge in [0.05, 0.1) is 13.0 Å². The van der Waals surface area contributed by atoms with Gasteiger partial charge in [-0.3, -0.25) is 9.59 Å². The predicted octanol–water partition coefficient (Wildman–Crippen LogP) is 2.80. The van der Waals surface area contributed by atoms with E-state index in [-0.39, 0.29) is 24.2 Å². The Labute approximate surface area is 159 Å². The third kappa shape index (κ3) is 4.46. The maximum absolute atomic E-state index is 12.7. The molecule has 6 nitrogen and oxygen atoms in total. The van der Waals surface area contributed by atoms with Gasteiger partial charge < -0.3 is 20.3 Å². The quantitative estimate of drug-likeness (QED) is 0.789. The van der Waals surface area contributed by atoms with Crippen LogP contribution in [0.15, 0.2) is 48.5 Å². The molecule has 27 heavy (non-hydrogen) atoms. The van der Waals surface area contributed by atoms with E-state index in [0.29, 0.717) is 13.1 Å². The molecule has 1 heterocycles. The van der Waals surface area contributed by atoms with Crippen LogP contribution < -0.4 is 20.3 Å². The Bertz CT molecular complexity index is 805. The molecule has 1 aliphatic rings. The normalized spacial score (nSPS) is 16.4. The third-order valence-electron chi connectivity index (χ3n) is 4.72. The summed E-state index contributed by atoms with van der Waals surface area (Å²) in [6, 6.07) is 15.0. The number of anilines is 2. The van der Waals surface area contributed by atoms with Crippen LogP contribution in [-0.4, -0.2) is 32.0 Å². The average molecular weight is 367 g/mol. The number of hydrogen-bond donors (Lipinski definition) is 2. The molecule has 0 aliphatic carbocycles. The summed E-state index contributed by atoms with van der Waals surface area (Å²) in [7, 11) is 1.60. The monoisotopic (exact) mass is 367 g/mol. The van der Waals surface area contributed by atoms with Gasteiger partial charge in [-0.1, -0.05) is 25.1 Å². The van der Waals surface area contributed by atoms with Crippen LogP contribution in [0.2, 0.25) is 0 Å². The van der Waals surface area contributed by atoms with Gasteiger partial charge in [-0.25, -0.2) is 0 Å². The second-order valence-corrected chi connectivity index (χ2v) is 6.53. The van der Waals surface area contributed by atoms with Crippen molar-refractivity contribution in [2.24, 2.45) is 5.92 Å². The number of para-hydroxylation sites is 1. The van der Waals surface area contributed by atoms with E-state index < -0.39 is 0 Å². The topological polar surface area (TPSA) is 70.7 Å². The molecule has 1 aliphatic heterocycles. The van der Waals surface area contributed by atoms with Crippen LogP contribution in [0.3, 0.4) is 0 Å². The maximum Gasteiger partial charge on any atom is 0.229 e. The van der Waals surface area contributed by atoms with Crippen LogP contribution >= 0.6 is 0 Å². The molecular formula is C21H25N3O3. The lowest BCUT2D eigenvalue weighted by Gasteiger charge is -2.17. The van der Waals surface area contributed by atoms with Crippen LogP contribution in [0, 0.1) is 5.92 Å². The van der Waals surface area contributed by atoms with E-state index in [1.807, 2.05) is 55.5 Å². The molecule has 6 heteroatoms. The highest BCUT2D eigenvalue weighted by molar-refractivity contribution is 6.03. The molecule has 0 spiro atoms. The third-order valence-corrected chi connectivity index (χ3v) is 4.72. The molecule has 1 fully saturated rings. The van der Waals surface area contributed by atoms with Gasteiger partial charge in [-0.15, -0.1) is 0 Å². The zero-order chi connectivity index (χ0) is 19.2. The van der Waals surface area contributed by atoms with Gasteiger partial charge in [0, 0.05) is 30.9 Å². The van der Waals surface area contributed by atoms with Gasteiger partial charge in [0.1, 0.15) is 5.75 Å². The summed E-state index contributed by atoms with van der Waals surface area (Å²) in [5.41, 5.74) is 2.60. The zero-order valence-corrected chi connectivity index (χ0v) is 15.7. The van der Waals surface area contributed by atoms with E-state index in [4.69, 9.17) is 4.74 Å². The fourth-order valence-corrected chi connectivity index (χ4v) is 3.19. The number of carbonyl (C=O) groups is 2. The number of nitrogens with zero attached hydrogens (tertiary/aromatic N) is 1. The van der Waals surface area contributed by atoms with Gasteiger partial charge in [-0.2, -0.15) is 0 Å². The van der Waals surface area contributed by atoms with Gasteiger partial charge in [-0.05, 0) is 42.4 Å². The zero-order valence-electron chi connectivity index (χ0n) is 15.7. The van der Waals surface area contributed by atoms with Crippen LogP contribution in [0.25, 0.3) is 0 Å². The first-order chi connectivity index (χ1) is 13.1. The van der Waals surface area contributed by atoms with Crippen LogP contribution in [0.4, 0.5) is 11.4 Å². The highest BCUT2D eigenvalue weighted by atomic mass is 16.5. The van der Waals surface area contributed by atoms with Crippen LogP contribution in [-0.2, 0) is 16.1 Å². The molecule has 0 bridgehead atoms. The van der Waals surface area contributed by atoms with Crippen molar-refractivity contribution in [3.05, 3.63) is 54.1 Å².